The summed E-state index contributed by atoms with van der Waals surface area (Å²) in [4.78, 5) is 14.8. The maximum absolute atomic E-state index is 13.1. The quantitative estimate of drug-likeness (QED) is 0.572. The van der Waals surface area contributed by atoms with E-state index in [1.165, 1.54) is 4.31 Å². The summed E-state index contributed by atoms with van der Waals surface area (Å²) in [6, 6.07) is 15.9. The van der Waals surface area contributed by atoms with Crippen LogP contribution >= 0.6 is 0 Å². The Morgan fingerprint density at radius 1 is 1.00 bits per heavy atom. The molecule has 1 aromatic heterocycles. The van der Waals surface area contributed by atoms with Crippen LogP contribution in [0.5, 0.6) is 5.75 Å². The van der Waals surface area contributed by atoms with Crippen LogP contribution in [0.25, 0.3) is 11.0 Å². The van der Waals surface area contributed by atoms with Gasteiger partial charge in [0.05, 0.1) is 11.2 Å². The second-order valence-electron chi connectivity index (χ2n) is 7.87. The van der Waals surface area contributed by atoms with Crippen LogP contribution in [0.4, 0.5) is 0 Å². The molecule has 2 aromatic carbocycles. The SMILES string of the molecule is CC(Oc1ccccc1)C(=O)N1CC2=C(C1)CN(S(=O)(=O)c1ccc3occc3c1)C2. The van der Waals surface area contributed by atoms with E-state index in [0.29, 0.717) is 37.5 Å². The minimum atomic E-state index is -3.62. The van der Waals surface area contributed by atoms with E-state index in [9.17, 15) is 13.2 Å². The number of hydrogen-bond donors (Lipinski definition) is 0. The van der Waals surface area contributed by atoms with E-state index in [1.54, 1.807) is 42.4 Å². The topological polar surface area (TPSA) is 80.1 Å². The normalized spacial score (nSPS) is 17.9. The van der Waals surface area contributed by atoms with Crippen molar-refractivity contribution < 1.29 is 22.4 Å². The van der Waals surface area contributed by atoms with E-state index < -0.39 is 16.1 Å². The molecule has 0 saturated carbocycles. The Morgan fingerprint density at radius 3 is 2.42 bits per heavy atom. The highest BCUT2D eigenvalue weighted by atomic mass is 32.2. The molecular weight excluding hydrogens is 416 g/mol. The first-order valence-electron chi connectivity index (χ1n) is 10.1. The number of fused-ring (bicyclic) bond motifs is 1. The smallest absolute Gasteiger partial charge is 0.263 e. The molecule has 0 saturated heterocycles. The predicted octanol–water partition coefficient (Wildman–Crippen LogP) is 3.04. The first kappa shape index (κ1) is 19.8. The molecule has 2 aliphatic heterocycles. The minimum Gasteiger partial charge on any atom is -0.481 e. The van der Waals surface area contributed by atoms with Crippen molar-refractivity contribution in [2.24, 2.45) is 0 Å². The molecule has 160 valence electrons. The van der Waals surface area contributed by atoms with Crippen LogP contribution in [0.3, 0.4) is 0 Å². The van der Waals surface area contributed by atoms with E-state index in [1.807, 2.05) is 30.3 Å². The summed E-state index contributed by atoms with van der Waals surface area (Å²) in [6.45, 7) is 3.21. The molecular formula is C23H22N2O5S. The Balaban J connectivity index is 1.24. The van der Waals surface area contributed by atoms with Crippen molar-refractivity contribution in [3.8, 4) is 5.75 Å². The highest BCUT2D eigenvalue weighted by Crippen LogP contribution is 2.31. The maximum Gasteiger partial charge on any atom is 0.263 e. The molecule has 5 rings (SSSR count). The first-order chi connectivity index (χ1) is 14.9. The Morgan fingerprint density at radius 2 is 1.71 bits per heavy atom. The van der Waals surface area contributed by atoms with E-state index >= 15 is 0 Å². The molecule has 0 spiro atoms. The Kier molecular flexibility index (Phi) is 4.83. The molecule has 0 N–H and O–H groups in total. The summed E-state index contributed by atoms with van der Waals surface area (Å²) in [6.07, 6.45) is 0.935. The molecule has 31 heavy (non-hydrogen) atoms. The van der Waals surface area contributed by atoms with Gasteiger partial charge in [-0.3, -0.25) is 4.79 Å². The van der Waals surface area contributed by atoms with E-state index in [-0.39, 0.29) is 10.8 Å². The van der Waals surface area contributed by atoms with Crippen LogP contribution in [-0.4, -0.2) is 55.8 Å². The van der Waals surface area contributed by atoms with Crippen LogP contribution < -0.4 is 4.74 Å². The van der Waals surface area contributed by atoms with Gasteiger partial charge in [0, 0.05) is 31.6 Å². The van der Waals surface area contributed by atoms with Gasteiger partial charge in [0.1, 0.15) is 11.3 Å². The predicted molar refractivity (Wildman–Crippen MR) is 115 cm³/mol. The summed E-state index contributed by atoms with van der Waals surface area (Å²) < 4.78 is 38.8. The number of rotatable bonds is 5. The van der Waals surface area contributed by atoms with Crippen molar-refractivity contribution in [3.05, 3.63) is 72.0 Å². The molecule has 1 atom stereocenters. The Hall–Kier alpha value is -3.10. The van der Waals surface area contributed by atoms with Crippen LogP contribution in [0.15, 0.2) is 81.3 Å². The fraction of sp³-hybridized carbons (Fsp3) is 0.261. The Labute approximate surface area is 180 Å². The van der Waals surface area contributed by atoms with Crippen LogP contribution in [0, 0.1) is 0 Å². The van der Waals surface area contributed by atoms with Gasteiger partial charge >= 0.3 is 0 Å². The number of nitrogens with zero attached hydrogens (tertiary/aromatic N) is 2. The molecule has 0 aliphatic carbocycles. The number of amides is 1. The lowest BCUT2D eigenvalue weighted by Crippen LogP contribution is -2.42. The Bertz CT molecular complexity index is 1260. The van der Waals surface area contributed by atoms with Crippen molar-refractivity contribution in [2.45, 2.75) is 17.9 Å². The third-order valence-corrected chi connectivity index (χ3v) is 7.56. The second-order valence-corrected chi connectivity index (χ2v) is 9.81. The summed E-state index contributed by atoms with van der Waals surface area (Å²) in [5.41, 5.74) is 2.64. The van der Waals surface area contributed by atoms with Gasteiger partial charge in [-0.15, -0.1) is 0 Å². The molecule has 3 heterocycles. The third kappa shape index (κ3) is 3.62. The standard InChI is InChI=1S/C23H22N2O5S/c1-16(30-20-5-3-2-4-6-20)23(26)24-12-18-14-25(15-19(18)13-24)31(27,28)21-7-8-22-17(11-21)9-10-29-22/h2-11,16H,12-15H2,1H3. The summed E-state index contributed by atoms with van der Waals surface area (Å²) in [5.74, 6) is 0.549. The van der Waals surface area contributed by atoms with Gasteiger partial charge in [0.2, 0.25) is 10.0 Å². The fourth-order valence-electron chi connectivity index (χ4n) is 4.14. The highest BCUT2D eigenvalue weighted by Gasteiger charge is 2.38. The fourth-order valence-corrected chi connectivity index (χ4v) is 5.60. The molecule has 2 aliphatic rings. The number of carbonyl (C=O) groups is 1. The summed E-state index contributed by atoms with van der Waals surface area (Å²) >= 11 is 0. The minimum absolute atomic E-state index is 0.0990. The molecule has 0 bridgehead atoms. The van der Waals surface area contributed by atoms with E-state index in [2.05, 4.69) is 0 Å². The number of sulfonamides is 1. The lowest BCUT2D eigenvalue weighted by Gasteiger charge is -2.25. The zero-order valence-electron chi connectivity index (χ0n) is 17.0. The van der Waals surface area contributed by atoms with E-state index in [0.717, 1.165) is 16.5 Å². The number of carbonyl (C=O) groups excluding carboxylic acids is 1. The van der Waals surface area contributed by atoms with Crippen molar-refractivity contribution in [1.29, 1.82) is 0 Å². The summed E-state index contributed by atoms with van der Waals surface area (Å²) in [7, 11) is -3.62. The molecule has 3 aromatic rings. The van der Waals surface area contributed by atoms with Gasteiger partial charge in [-0.1, -0.05) is 18.2 Å². The maximum atomic E-state index is 13.1. The van der Waals surface area contributed by atoms with Gasteiger partial charge in [-0.05, 0) is 54.5 Å². The number of furan rings is 1. The van der Waals surface area contributed by atoms with Crippen molar-refractivity contribution >= 4 is 26.9 Å². The summed E-state index contributed by atoms with van der Waals surface area (Å²) in [5, 5.41) is 0.755. The molecule has 0 fully saturated rings. The van der Waals surface area contributed by atoms with Crippen molar-refractivity contribution in [2.75, 3.05) is 26.2 Å². The zero-order valence-corrected chi connectivity index (χ0v) is 17.8. The number of hydrogen-bond acceptors (Lipinski definition) is 5. The number of benzene rings is 2. The largest absolute Gasteiger partial charge is 0.481 e. The van der Waals surface area contributed by atoms with Crippen molar-refractivity contribution in [1.82, 2.24) is 9.21 Å². The average Bonchev–Trinajstić information content (AvgIpc) is 3.48. The van der Waals surface area contributed by atoms with Gasteiger partial charge < -0.3 is 14.1 Å². The third-order valence-electron chi connectivity index (χ3n) is 5.78. The average molecular weight is 439 g/mol. The molecule has 1 amide bonds. The lowest BCUT2D eigenvalue weighted by molar-refractivity contribution is -0.136. The second kappa shape index (κ2) is 7.55. The van der Waals surface area contributed by atoms with Gasteiger partial charge in [-0.2, -0.15) is 4.31 Å². The van der Waals surface area contributed by atoms with Crippen molar-refractivity contribution in [3.63, 3.8) is 0 Å². The molecule has 8 heteroatoms. The van der Waals surface area contributed by atoms with Crippen LogP contribution in [0.1, 0.15) is 6.92 Å². The van der Waals surface area contributed by atoms with Crippen LogP contribution in [-0.2, 0) is 14.8 Å². The zero-order chi connectivity index (χ0) is 21.6. The number of para-hydroxylation sites is 1. The molecule has 7 nitrogen and oxygen atoms in total. The van der Waals surface area contributed by atoms with E-state index in [4.69, 9.17) is 9.15 Å². The molecule has 0 radical (unpaired) electrons. The highest BCUT2D eigenvalue weighted by molar-refractivity contribution is 7.89. The molecule has 1 unspecified atom stereocenters. The lowest BCUT2D eigenvalue weighted by atomic mass is 10.2. The van der Waals surface area contributed by atoms with Gasteiger partial charge in [0.25, 0.3) is 5.91 Å². The van der Waals surface area contributed by atoms with Crippen LogP contribution in [0.2, 0.25) is 0 Å². The van der Waals surface area contributed by atoms with Gasteiger partial charge in [-0.25, -0.2) is 8.42 Å². The van der Waals surface area contributed by atoms with Gasteiger partial charge in [0.15, 0.2) is 6.10 Å². The first-order valence-corrected chi connectivity index (χ1v) is 11.5. The monoisotopic (exact) mass is 438 g/mol. The number of ether oxygens (including phenoxy) is 1.